The van der Waals surface area contributed by atoms with Gasteiger partial charge in [0.25, 0.3) is 5.91 Å². The zero-order valence-corrected chi connectivity index (χ0v) is 12.1. The summed E-state index contributed by atoms with van der Waals surface area (Å²) in [4.78, 5) is 12.2. The predicted octanol–water partition coefficient (Wildman–Crippen LogP) is 2.58. The van der Waals surface area contributed by atoms with E-state index in [0.717, 1.165) is 11.1 Å². The highest BCUT2D eigenvalue weighted by Crippen LogP contribution is 2.21. The van der Waals surface area contributed by atoms with Gasteiger partial charge >= 0.3 is 0 Å². The Kier molecular flexibility index (Phi) is 3.86. The molecule has 1 rings (SSSR count). The van der Waals surface area contributed by atoms with Crippen LogP contribution in [0.3, 0.4) is 0 Å². The Balaban J connectivity index is 2.96. The van der Waals surface area contributed by atoms with Crippen LogP contribution in [0.4, 0.5) is 0 Å². The van der Waals surface area contributed by atoms with Crippen molar-refractivity contribution in [2.45, 2.75) is 52.7 Å². The van der Waals surface area contributed by atoms with Crippen LogP contribution in [0.2, 0.25) is 0 Å². The van der Waals surface area contributed by atoms with Crippen LogP contribution in [-0.2, 0) is 0 Å². The van der Waals surface area contributed by atoms with Crippen molar-refractivity contribution in [2.75, 3.05) is 0 Å². The molecule has 0 radical (unpaired) electrons. The molecule has 0 saturated heterocycles. The number of aryl methyl sites for hydroxylation is 2. The molecular formula is C15H23NO2. The highest BCUT2D eigenvalue weighted by molar-refractivity contribution is 5.95. The molecule has 3 nitrogen and oxygen atoms in total. The standard InChI is InChI=1S/C15H23NO2/c1-10-7-11(2)9-12(8-10)13(17)16-14(3,4)15(5,6)18/h7-9,18H,1-6H3,(H,16,17). The first-order valence-electron chi connectivity index (χ1n) is 6.16. The van der Waals surface area contributed by atoms with Crippen LogP contribution in [0.25, 0.3) is 0 Å². The van der Waals surface area contributed by atoms with Gasteiger partial charge in [0, 0.05) is 5.56 Å². The van der Waals surface area contributed by atoms with Crippen LogP contribution < -0.4 is 5.32 Å². The molecule has 3 heteroatoms. The first-order valence-corrected chi connectivity index (χ1v) is 6.16. The largest absolute Gasteiger partial charge is 0.388 e. The maximum atomic E-state index is 12.2. The highest BCUT2D eigenvalue weighted by atomic mass is 16.3. The second-order valence-corrected chi connectivity index (χ2v) is 6.01. The zero-order valence-electron chi connectivity index (χ0n) is 12.1. The number of nitrogens with one attached hydrogen (secondary N) is 1. The Morgan fingerprint density at radius 1 is 1.06 bits per heavy atom. The molecule has 0 aliphatic rings. The Bertz CT molecular complexity index is 436. The molecule has 0 aliphatic heterocycles. The topological polar surface area (TPSA) is 49.3 Å². The zero-order chi connectivity index (χ0) is 14.1. The van der Waals surface area contributed by atoms with Crippen LogP contribution >= 0.6 is 0 Å². The molecule has 0 bridgehead atoms. The summed E-state index contributed by atoms with van der Waals surface area (Å²) in [6.07, 6.45) is 0. The SMILES string of the molecule is Cc1cc(C)cc(C(=O)NC(C)(C)C(C)(C)O)c1. The fourth-order valence-electron chi connectivity index (χ4n) is 1.61. The summed E-state index contributed by atoms with van der Waals surface area (Å²) in [6, 6.07) is 5.73. The van der Waals surface area contributed by atoms with Crippen LogP contribution in [0.1, 0.15) is 49.2 Å². The number of rotatable bonds is 3. The molecule has 0 unspecified atom stereocenters. The van der Waals surface area contributed by atoms with Gasteiger partial charge in [-0.3, -0.25) is 4.79 Å². The third kappa shape index (κ3) is 3.33. The van der Waals surface area contributed by atoms with Gasteiger partial charge in [-0.05, 0) is 53.7 Å². The molecule has 2 N–H and O–H groups in total. The quantitative estimate of drug-likeness (QED) is 0.865. The van der Waals surface area contributed by atoms with E-state index in [1.54, 1.807) is 13.8 Å². The van der Waals surface area contributed by atoms with Crippen LogP contribution in [0.15, 0.2) is 18.2 Å². The predicted molar refractivity (Wildman–Crippen MR) is 73.8 cm³/mol. The lowest BCUT2D eigenvalue weighted by Gasteiger charge is -2.38. The van der Waals surface area contributed by atoms with Crippen molar-refractivity contribution in [3.8, 4) is 0 Å². The number of carbonyl (C=O) groups is 1. The molecule has 0 heterocycles. The van der Waals surface area contributed by atoms with Crippen molar-refractivity contribution < 1.29 is 9.90 Å². The first kappa shape index (κ1) is 14.7. The number of carbonyl (C=O) groups excluding carboxylic acids is 1. The molecule has 0 aromatic heterocycles. The van der Waals surface area contributed by atoms with Crippen molar-refractivity contribution in [1.29, 1.82) is 0 Å². The normalized spacial score (nSPS) is 12.4. The second-order valence-electron chi connectivity index (χ2n) is 6.01. The summed E-state index contributed by atoms with van der Waals surface area (Å²) in [7, 11) is 0. The Morgan fingerprint density at radius 3 is 1.89 bits per heavy atom. The smallest absolute Gasteiger partial charge is 0.251 e. The Labute approximate surface area is 109 Å². The molecule has 18 heavy (non-hydrogen) atoms. The summed E-state index contributed by atoms with van der Waals surface area (Å²) < 4.78 is 0. The third-order valence-corrected chi connectivity index (χ3v) is 3.44. The van der Waals surface area contributed by atoms with Gasteiger partial charge in [-0.2, -0.15) is 0 Å². The molecule has 0 atom stereocenters. The summed E-state index contributed by atoms with van der Waals surface area (Å²) in [6.45, 7) is 10.9. The summed E-state index contributed by atoms with van der Waals surface area (Å²) in [5.41, 5.74) is 1.07. The van der Waals surface area contributed by atoms with Crippen molar-refractivity contribution in [3.05, 3.63) is 34.9 Å². The monoisotopic (exact) mass is 249 g/mol. The van der Waals surface area contributed by atoms with E-state index in [0.29, 0.717) is 5.56 Å². The first-order chi connectivity index (χ1) is 8.03. The fourth-order valence-corrected chi connectivity index (χ4v) is 1.61. The number of aliphatic hydroxyl groups is 1. The molecule has 1 aromatic carbocycles. The summed E-state index contributed by atoms with van der Waals surface area (Å²) in [5, 5.41) is 12.9. The van der Waals surface area contributed by atoms with Gasteiger partial charge in [0.1, 0.15) is 0 Å². The highest BCUT2D eigenvalue weighted by Gasteiger charge is 2.36. The van der Waals surface area contributed by atoms with E-state index in [9.17, 15) is 9.90 Å². The second kappa shape index (κ2) is 4.73. The molecule has 0 saturated carbocycles. The van der Waals surface area contributed by atoms with Crippen molar-refractivity contribution in [2.24, 2.45) is 0 Å². The minimum Gasteiger partial charge on any atom is -0.388 e. The van der Waals surface area contributed by atoms with Crippen LogP contribution in [-0.4, -0.2) is 22.2 Å². The van der Waals surface area contributed by atoms with E-state index in [-0.39, 0.29) is 5.91 Å². The minimum absolute atomic E-state index is 0.158. The molecular weight excluding hydrogens is 226 g/mol. The van der Waals surface area contributed by atoms with Gasteiger partial charge < -0.3 is 10.4 Å². The molecule has 0 fully saturated rings. The third-order valence-electron chi connectivity index (χ3n) is 3.44. The van der Waals surface area contributed by atoms with Crippen molar-refractivity contribution in [3.63, 3.8) is 0 Å². The van der Waals surface area contributed by atoms with Gasteiger partial charge in [0.2, 0.25) is 0 Å². The number of hydrogen-bond acceptors (Lipinski definition) is 2. The number of amides is 1. The molecule has 1 aromatic rings. The lowest BCUT2D eigenvalue weighted by atomic mass is 9.85. The van der Waals surface area contributed by atoms with Gasteiger partial charge in [0.15, 0.2) is 0 Å². The van der Waals surface area contributed by atoms with Crippen molar-refractivity contribution in [1.82, 2.24) is 5.32 Å². The average molecular weight is 249 g/mol. The van der Waals surface area contributed by atoms with Gasteiger partial charge in [0.05, 0.1) is 11.1 Å². The fraction of sp³-hybridized carbons (Fsp3) is 0.533. The number of hydrogen-bond donors (Lipinski definition) is 2. The Morgan fingerprint density at radius 2 is 1.50 bits per heavy atom. The lowest BCUT2D eigenvalue weighted by molar-refractivity contribution is -0.00292. The maximum Gasteiger partial charge on any atom is 0.251 e. The van der Waals surface area contributed by atoms with Gasteiger partial charge in [-0.15, -0.1) is 0 Å². The van der Waals surface area contributed by atoms with E-state index in [4.69, 9.17) is 0 Å². The van der Waals surface area contributed by atoms with Crippen molar-refractivity contribution >= 4 is 5.91 Å². The van der Waals surface area contributed by atoms with E-state index >= 15 is 0 Å². The van der Waals surface area contributed by atoms with E-state index in [1.165, 1.54) is 0 Å². The van der Waals surface area contributed by atoms with E-state index < -0.39 is 11.1 Å². The van der Waals surface area contributed by atoms with Crippen LogP contribution in [0.5, 0.6) is 0 Å². The summed E-state index contributed by atoms with van der Waals surface area (Å²) >= 11 is 0. The Hall–Kier alpha value is -1.35. The maximum absolute atomic E-state index is 12.2. The molecule has 100 valence electrons. The van der Waals surface area contributed by atoms with E-state index in [2.05, 4.69) is 5.32 Å². The lowest BCUT2D eigenvalue weighted by Crippen LogP contribution is -2.57. The van der Waals surface area contributed by atoms with Gasteiger partial charge in [-0.1, -0.05) is 17.2 Å². The number of benzene rings is 1. The average Bonchev–Trinajstić information content (AvgIpc) is 2.13. The summed E-state index contributed by atoms with van der Waals surface area (Å²) in [5.74, 6) is -0.158. The molecule has 1 amide bonds. The van der Waals surface area contributed by atoms with E-state index in [1.807, 2.05) is 45.9 Å². The minimum atomic E-state index is -0.985. The van der Waals surface area contributed by atoms with Crippen LogP contribution in [0, 0.1) is 13.8 Å². The molecule has 0 aliphatic carbocycles. The molecule has 0 spiro atoms. The van der Waals surface area contributed by atoms with Gasteiger partial charge in [-0.25, -0.2) is 0 Å².